The molecule has 0 aliphatic heterocycles. The van der Waals surface area contributed by atoms with Crippen molar-refractivity contribution in [3.63, 3.8) is 0 Å². The van der Waals surface area contributed by atoms with Crippen LogP contribution < -0.4 is 0 Å². The van der Waals surface area contributed by atoms with E-state index in [0.717, 1.165) is 0 Å². The van der Waals surface area contributed by atoms with Gasteiger partial charge in [0, 0.05) is 11.1 Å². The molecular weight excluding hydrogens is 250 g/mol. The Morgan fingerprint density at radius 3 is 1.23 bits per heavy atom. The Balaban J connectivity index is 0. The molecule has 13 heavy (non-hydrogen) atoms. The molecule has 0 radical (unpaired) electrons. The molecule has 0 aliphatic carbocycles. The Morgan fingerprint density at radius 1 is 1.00 bits per heavy atom. The van der Waals surface area contributed by atoms with Crippen LogP contribution in [0, 0.1) is 0 Å². The zero-order chi connectivity index (χ0) is 10.2. The van der Waals surface area contributed by atoms with E-state index in [4.69, 9.17) is 24.8 Å². The number of rotatable bonds is 0. The molecule has 0 saturated heterocycles. The fourth-order valence-corrected chi connectivity index (χ4v) is 2.65. The summed E-state index contributed by atoms with van der Waals surface area (Å²) in [5.74, 6) is 0. The molecule has 1 nitrogen and oxygen atoms in total. The van der Waals surface area contributed by atoms with Gasteiger partial charge in [-0.05, 0) is 41.5 Å². The van der Waals surface area contributed by atoms with Gasteiger partial charge in [0.15, 0.2) is 0 Å². The van der Waals surface area contributed by atoms with E-state index in [0.29, 0.717) is 4.32 Å². The van der Waals surface area contributed by atoms with Crippen LogP contribution in [0.3, 0.4) is 0 Å². The van der Waals surface area contributed by atoms with Crippen molar-refractivity contribution in [1.82, 2.24) is 4.90 Å². The van der Waals surface area contributed by atoms with E-state index >= 15 is 0 Å². The van der Waals surface area contributed by atoms with Gasteiger partial charge in [-0.25, -0.2) is 0 Å². The predicted molar refractivity (Wildman–Crippen MR) is 61.3 cm³/mol. The molecule has 82 valence electrons. The summed E-state index contributed by atoms with van der Waals surface area (Å²) in [4.78, 5) is 2.09. The van der Waals surface area contributed by atoms with Gasteiger partial charge in [-0.15, -0.1) is 0 Å². The van der Waals surface area contributed by atoms with Crippen LogP contribution in [0.5, 0.6) is 0 Å². The van der Waals surface area contributed by atoms with Gasteiger partial charge in [0.2, 0.25) is 0 Å². The van der Waals surface area contributed by atoms with Gasteiger partial charge in [0.25, 0.3) is 0 Å². The first-order valence-electron chi connectivity index (χ1n) is 4.08. The Kier molecular flexibility index (Phi) is 6.09. The maximum atomic E-state index is 5.05. The van der Waals surface area contributed by atoms with Crippen LogP contribution in [0.2, 0.25) is 0 Å². The summed E-state index contributed by atoms with van der Waals surface area (Å²) >= 11 is 10.1. The van der Waals surface area contributed by atoms with Crippen molar-refractivity contribution in [2.24, 2.45) is 0 Å². The van der Waals surface area contributed by atoms with Crippen LogP contribution >= 0.6 is 12.2 Å². The molecule has 0 aromatic carbocycles. The van der Waals surface area contributed by atoms with E-state index in [1.165, 1.54) is 0 Å². The van der Waals surface area contributed by atoms with Gasteiger partial charge in [0.05, 0.1) is 0 Å². The smallest absolute Gasteiger partial charge is 0.411 e. The number of thiocarbonyl (C=S) groups is 1. The minimum absolute atomic E-state index is 0. The van der Waals surface area contributed by atoms with E-state index < -0.39 is 0 Å². The summed E-state index contributed by atoms with van der Waals surface area (Å²) in [6.45, 7) is 12.7. The van der Waals surface area contributed by atoms with Crippen LogP contribution in [0.1, 0.15) is 41.5 Å². The van der Waals surface area contributed by atoms with Crippen molar-refractivity contribution in [2.75, 3.05) is 0 Å². The first kappa shape index (κ1) is 16.1. The van der Waals surface area contributed by atoms with Gasteiger partial charge in [-0.3, -0.25) is 0 Å². The molecule has 0 bridgehead atoms. The van der Waals surface area contributed by atoms with E-state index in [2.05, 4.69) is 46.4 Å². The van der Waals surface area contributed by atoms with Crippen molar-refractivity contribution in [2.45, 2.75) is 52.6 Å². The molecule has 0 atom stereocenters. The molecule has 0 spiro atoms. The van der Waals surface area contributed by atoms with Gasteiger partial charge < -0.3 is 29.7 Å². The predicted octanol–water partition coefficient (Wildman–Crippen LogP) is 2.71. The van der Waals surface area contributed by atoms with Crippen LogP contribution in [-0.2, 0) is 29.7 Å². The van der Waals surface area contributed by atoms with Crippen LogP contribution in [0.25, 0.3) is 0 Å². The summed E-state index contributed by atoms with van der Waals surface area (Å²) in [6, 6.07) is 0. The minimum Gasteiger partial charge on any atom is -0.411 e. The van der Waals surface area contributed by atoms with Crippen molar-refractivity contribution in [1.29, 1.82) is 0 Å². The first-order valence-corrected chi connectivity index (χ1v) is 4.90. The molecule has 0 fully saturated rings. The van der Waals surface area contributed by atoms with Crippen molar-refractivity contribution >= 4 is 29.2 Å². The number of hydrogen-bond donors (Lipinski definition) is 0. The average Bonchev–Trinajstić information content (AvgIpc) is 1.49. The maximum Gasteiger partial charge on any atom is 1.00 e. The molecule has 0 unspecified atom stereocenters. The van der Waals surface area contributed by atoms with Crippen LogP contribution in [0.15, 0.2) is 0 Å². The third-order valence-corrected chi connectivity index (χ3v) is 1.89. The second kappa shape index (κ2) is 4.92. The summed E-state index contributed by atoms with van der Waals surface area (Å²) in [5.41, 5.74) is 0.0220. The molecule has 0 rings (SSSR count). The summed E-state index contributed by atoms with van der Waals surface area (Å²) in [7, 11) is 0. The molecule has 0 saturated carbocycles. The Hall–Kier alpha value is 0.629. The first-order chi connectivity index (χ1) is 5.07. The normalized spacial score (nSPS) is 11.8. The monoisotopic (exact) mass is 267 g/mol. The zero-order valence-electron chi connectivity index (χ0n) is 9.07. The molecule has 0 amide bonds. The van der Waals surface area contributed by atoms with Crippen molar-refractivity contribution in [3.8, 4) is 0 Å². The van der Waals surface area contributed by atoms with Crippen LogP contribution in [-0.4, -0.2) is 20.3 Å². The van der Waals surface area contributed by atoms with E-state index in [1.54, 1.807) is 0 Å². The summed E-state index contributed by atoms with van der Waals surface area (Å²) in [6.07, 6.45) is 0. The summed E-state index contributed by atoms with van der Waals surface area (Å²) < 4.78 is 0.551. The quantitative estimate of drug-likeness (QED) is 0.378. The topological polar surface area (TPSA) is 3.24 Å². The zero-order valence-corrected chi connectivity index (χ0v) is 11.6. The molecule has 0 aliphatic rings. The standard InChI is InChI=1S/C9H19NS2.Cu/c1-8(2,3)10(7(11)12)9(4,5)6;/h1-6H3,(H,11,12);/q;+1/p-1. The number of hydrogen-bond acceptors (Lipinski definition) is 2. The van der Waals surface area contributed by atoms with Gasteiger partial charge in [-0.1, -0.05) is 4.32 Å². The average molecular weight is 268 g/mol. The van der Waals surface area contributed by atoms with Gasteiger partial charge in [0.1, 0.15) is 0 Å². The Morgan fingerprint density at radius 2 is 1.23 bits per heavy atom. The Bertz CT molecular complexity index is 165. The largest absolute Gasteiger partial charge is 1.00 e. The van der Waals surface area contributed by atoms with E-state index in [9.17, 15) is 0 Å². The molecule has 0 N–H and O–H groups in total. The Labute approximate surface area is 104 Å². The molecule has 0 aromatic heterocycles. The second-order valence-electron chi connectivity index (χ2n) is 4.94. The fraction of sp³-hybridized carbons (Fsp3) is 0.889. The third kappa shape index (κ3) is 5.16. The molecule has 4 heteroatoms. The molecule has 0 heterocycles. The van der Waals surface area contributed by atoms with Gasteiger partial charge >= 0.3 is 17.1 Å². The molecular formula is C9H18CuNS2. The summed E-state index contributed by atoms with van der Waals surface area (Å²) in [5, 5.41) is 0. The van der Waals surface area contributed by atoms with E-state index in [-0.39, 0.29) is 28.1 Å². The van der Waals surface area contributed by atoms with Crippen molar-refractivity contribution in [3.05, 3.63) is 0 Å². The third-order valence-electron chi connectivity index (χ3n) is 1.52. The molecule has 0 aromatic rings. The maximum absolute atomic E-state index is 5.05. The van der Waals surface area contributed by atoms with Gasteiger partial charge in [-0.2, -0.15) is 0 Å². The van der Waals surface area contributed by atoms with Crippen LogP contribution in [0.4, 0.5) is 0 Å². The van der Waals surface area contributed by atoms with Crippen molar-refractivity contribution < 1.29 is 17.1 Å². The second-order valence-corrected chi connectivity index (χ2v) is 5.97. The SMILES string of the molecule is CC(C)(C)N(C(=S)[S-])C(C)(C)C.[Cu+]. The fourth-order valence-electron chi connectivity index (χ4n) is 1.55. The van der Waals surface area contributed by atoms with E-state index in [1.807, 2.05) is 0 Å². The number of nitrogens with zero attached hydrogens (tertiary/aromatic N) is 1. The minimum atomic E-state index is 0.